The molecule has 0 amide bonds. The molecule has 0 aliphatic carbocycles. The van der Waals surface area contributed by atoms with Crippen molar-refractivity contribution in [2.75, 3.05) is 6.61 Å². The Morgan fingerprint density at radius 2 is 1.80 bits per heavy atom. The Morgan fingerprint density at radius 3 is 2.40 bits per heavy atom. The fourth-order valence-electron chi connectivity index (χ4n) is 2.24. The van der Waals surface area contributed by atoms with Gasteiger partial charge in [0.05, 0.1) is 18.2 Å². The molecule has 2 aromatic rings. The molecule has 1 heterocycles. The van der Waals surface area contributed by atoms with Gasteiger partial charge in [-0.05, 0) is 67.6 Å². The predicted octanol–water partition coefficient (Wildman–Crippen LogP) is 3.58. The predicted molar refractivity (Wildman–Crippen MR) is 78.7 cm³/mol. The van der Waals surface area contributed by atoms with Crippen LogP contribution in [0.4, 0.5) is 0 Å². The molecule has 2 rings (SSSR count). The highest BCUT2D eigenvalue weighted by atomic mass is 16.5. The average molecular weight is 266 g/mol. The van der Waals surface area contributed by atoms with Gasteiger partial charge < -0.3 is 4.74 Å². The average Bonchev–Trinajstić information content (AvgIpc) is 2.46. The minimum atomic E-state index is 0.676. The standard InChI is InChI=1S/C17H18N2O/c1-13-10-16(12-18)11-14(2)17(13)20-9-3-4-15-5-7-19-8-6-15/h5-8,10-11H,3-4,9H2,1-2H3. The van der Waals surface area contributed by atoms with Crippen LogP contribution in [0.15, 0.2) is 36.7 Å². The molecule has 0 aliphatic heterocycles. The van der Waals surface area contributed by atoms with E-state index in [4.69, 9.17) is 10.00 Å². The fourth-order valence-corrected chi connectivity index (χ4v) is 2.24. The van der Waals surface area contributed by atoms with Crippen molar-refractivity contribution in [3.8, 4) is 11.8 Å². The van der Waals surface area contributed by atoms with Crippen molar-refractivity contribution in [1.29, 1.82) is 5.26 Å². The first kappa shape index (κ1) is 14.1. The summed E-state index contributed by atoms with van der Waals surface area (Å²) in [4.78, 5) is 4.00. The molecule has 0 saturated heterocycles. The minimum absolute atomic E-state index is 0.676. The van der Waals surface area contributed by atoms with E-state index in [0.29, 0.717) is 12.2 Å². The first-order valence-electron chi connectivity index (χ1n) is 6.74. The Kier molecular flexibility index (Phi) is 4.73. The summed E-state index contributed by atoms with van der Waals surface area (Å²) in [5.41, 5.74) is 4.00. The fraction of sp³-hybridized carbons (Fsp3) is 0.294. The molecule has 0 saturated carbocycles. The summed E-state index contributed by atoms with van der Waals surface area (Å²) in [6, 6.07) is 9.95. The van der Waals surface area contributed by atoms with Gasteiger partial charge in [-0.2, -0.15) is 5.26 Å². The quantitative estimate of drug-likeness (QED) is 0.777. The second-order valence-electron chi connectivity index (χ2n) is 4.86. The first-order chi connectivity index (χ1) is 9.70. The highest BCUT2D eigenvalue weighted by molar-refractivity contribution is 5.47. The molecule has 0 radical (unpaired) electrons. The van der Waals surface area contributed by atoms with E-state index < -0.39 is 0 Å². The second kappa shape index (κ2) is 6.72. The monoisotopic (exact) mass is 266 g/mol. The number of pyridine rings is 1. The van der Waals surface area contributed by atoms with E-state index in [0.717, 1.165) is 29.7 Å². The van der Waals surface area contributed by atoms with Gasteiger partial charge in [-0.3, -0.25) is 4.98 Å². The Balaban J connectivity index is 1.90. The maximum atomic E-state index is 8.92. The van der Waals surface area contributed by atoms with Gasteiger partial charge in [0, 0.05) is 12.4 Å². The smallest absolute Gasteiger partial charge is 0.125 e. The molecular weight excluding hydrogens is 248 g/mol. The lowest BCUT2D eigenvalue weighted by molar-refractivity contribution is 0.307. The van der Waals surface area contributed by atoms with Gasteiger partial charge >= 0.3 is 0 Å². The lowest BCUT2D eigenvalue weighted by Crippen LogP contribution is -2.02. The zero-order chi connectivity index (χ0) is 14.4. The maximum absolute atomic E-state index is 8.92. The van der Waals surface area contributed by atoms with Gasteiger partial charge in [0.25, 0.3) is 0 Å². The molecule has 0 spiro atoms. The second-order valence-corrected chi connectivity index (χ2v) is 4.86. The lowest BCUT2D eigenvalue weighted by atomic mass is 10.1. The van der Waals surface area contributed by atoms with E-state index in [1.54, 1.807) is 0 Å². The number of ether oxygens (including phenoxy) is 1. The summed E-state index contributed by atoms with van der Waals surface area (Å²) < 4.78 is 5.86. The van der Waals surface area contributed by atoms with Crippen LogP contribution in [0.1, 0.15) is 28.7 Å². The number of nitrogens with zero attached hydrogens (tertiary/aromatic N) is 2. The van der Waals surface area contributed by atoms with Gasteiger partial charge in [-0.25, -0.2) is 0 Å². The van der Waals surface area contributed by atoms with E-state index in [2.05, 4.69) is 11.1 Å². The maximum Gasteiger partial charge on any atom is 0.125 e. The Labute approximate surface area is 119 Å². The third-order valence-electron chi connectivity index (χ3n) is 3.19. The minimum Gasteiger partial charge on any atom is -0.493 e. The number of hydrogen-bond acceptors (Lipinski definition) is 3. The van der Waals surface area contributed by atoms with E-state index in [9.17, 15) is 0 Å². The van der Waals surface area contributed by atoms with Crippen LogP contribution in [-0.2, 0) is 6.42 Å². The van der Waals surface area contributed by atoms with Crippen LogP contribution in [0.2, 0.25) is 0 Å². The first-order valence-corrected chi connectivity index (χ1v) is 6.74. The van der Waals surface area contributed by atoms with Crippen molar-refractivity contribution >= 4 is 0 Å². The van der Waals surface area contributed by atoms with Crippen molar-refractivity contribution < 1.29 is 4.74 Å². The largest absolute Gasteiger partial charge is 0.493 e. The Hall–Kier alpha value is -2.34. The van der Waals surface area contributed by atoms with Crippen LogP contribution < -0.4 is 4.74 Å². The van der Waals surface area contributed by atoms with E-state index in [-0.39, 0.29) is 0 Å². The molecule has 1 aromatic heterocycles. The van der Waals surface area contributed by atoms with Crippen LogP contribution in [0.3, 0.4) is 0 Å². The molecule has 102 valence electrons. The highest BCUT2D eigenvalue weighted by Crippen LogP contribution is 2.24. The molecule has 0 unspecified atom stereocenters. The molecule has 3 heteroatoms. The van der Waals surface area contributed by atoms with Crippen molar-refractivity contribution in [2.24, 2.45) is 0 Å². The number of nitriles is 1. The third-order valence-corrected chi connectivity index (χ3v) is 3.19. The lowest BCUT2D eigenvalue weighted by Gasteiger charge is -2.12. The number of hydrogen-bond donors (Lipinski definition) is 0. The van der Waals surface area contributed by atoms with E-state index in [1.807, 2.05) is 50.5 Å². The van der Waals surface area contributed by atoms with E-state index in [1.165, 1.54) is 5.56 Å². The van der Waals surface area contributed by atoms with E-state index >= 15 is 0 Å². The van der Waals surface area contributed by atoms with Gasteiger partial charge in [-0.1, -0.05) is 0 Å². The molecule has 0 N–H and O–H groups in total. The topological polar surface area (TPSA) is 45.9 Å². The summed E-state index contributed by atoms with van der Waals surface area (Å²) >= 11 is 0. The summed E-state index contributed by atoms with van der Waals surface area (Å²) in [6.07, 6.45) is 5.57. The Bertz CT molecular complexity index is 592. The van der Waals surface area contributed by atoms with Crippen LogP contribution in [0, 0.1) is 25.2 Å². The third kappa shape index (κ3) is 3.58. The molecule has 0 bridgehead atoms. The zero-order valence-corrected chi connectivity index (χ0v) is 11.9. The molecule has 3 nitrogen and oxygen atoms in total. The number of aromatic nitrogens is 1. The van der Waals surface area contributed by atoms with Crippen LogP contribution in [-0.4, -0.2) is 11.6 Å². The molecule has 1 aromatic carbocycles. The van der Waals surface area contributed by atoms with Gasteiger partial charge in [0.1, 0.15) is 5.75 Å². The highest BCUT2D eigenvalue weighted by Gasteiger charge is 2.06. The van der Waals surface area contributed by atoms with Crippen molar-refractivity contribution in [1.82, 2.24) is 4.98 Å². The van der Waals surface area contributed by atoms with Gasteiger partial charge in [0.2, 0.25) is 0 Å². The molecule has 0 aliphatic rings. The van der Waals surface area contributed by atoms with Crippen LogP contribution in [0.25, 0.3) is 0 Å². The summed E-state index contributed by atoms with van der Waals surface area (Å²) in [6.45, 7) is 4.63. The number of aryl methyl sites for hydroxylation is 3. The summed E-state index contributed by atoms with van der Waals surface area (Å²) in [5.74, 6) is 0.902. The van der Waals surface area contributed by atoms with Crippen molar-refractivity contribution in [3.63, 3.8) is 0 Å². The van der Waals surface area contributed by atoms with Crippen LogP contribution in [0.5, 0.6) is 5.75 Å². The zero-order valence-electron chi connectivity index (χ0n) is 11.9. The van der Waals surface area contributed by atoms with Crippen molar-refractivity contribution in [3.05, 3.63) is 58.9 Å². The number of rotatable bonds is 5. The van der Waals surface area contributed by atoms with Crippen LogP contribution >= 0.6 is 0 Å². The summed E-state index contributed by atoms with van der Waals surface area (Å²) in [7, 11) is 0. The molecule has 20 heavy (non-hydrogen) atoms. The normalized spacial score (nSPS) is 10.1. The molecule has 0 atom stereocenters. The SMILES string of the molecule is Cc1cc(C#N)cc(C)c1OCCCc1ccncc1. The van der Waals surface area contributed by atoms with Crippen molar-refractivity contribution in [2.45, 2.75) is 26.7 Å². The van der Waals surface area contributed by atoms with Gasteiger partial charge in [0.15, 0.2) is 0 Å². The Morgan fingerprint density at radius 1 is 1.15 bits per heavy atom. The summed E-state index contributed by atoms with van der Waals surface area (Å²) in [5, 5.41) is 8.92. The van der Waals surface area contributed by atoms with Gasteiger partial charge in [-0.15, -0.1) is 0 Å². The molecular formula is C17H18N2O. The number of benzene rings is 1. The molecule has 0 fully saturated rings.